The lowest BCUT2D eigenvalue weighted by Crippen LogP contribution is -1.83. The number of hydrogen-bond acceptors (Lipinski definition) is 0. The lowest BCUT2D eigenvalue weighted by atomic mass is 9.70. The average molecular weight is 149 g/mol. The second kappa shape index (κ2) is 6.27. The monoisotopic (exact) mass is 149 g/mol. The van der Waals surface area contributed by atoms with Crippen LogP contribution in [0.25, 0.3) is 0 Å². The summed E-state index contributed by atoms with van der Waals surface area (Å²) in [6, 6.07) is 0. The fraction of sp³-hybridized carbons (Fsp3) is 0.600. The molecule has 1 radical (unpaired) electrons. The molecular formula is C10H18B. The normalized spacial score (nSPS) is 8.73. The van der Waals surface area contributed by atoms with Crippen LogP contribution in [0.1, 0.15) is 27.7 Å². The van der Waals surface area contributed by atoms with Crippen molar-refractivity contribution in [3.8, 4) is 0 Å². The summed E-state index contributed by atoms with van der Waals surface area (Å²) >= 11 is 0. The van der Waals surface area contributed by atoms with Crippen LogP contribution in [0.3, 0.4) is 0 Å². The molecule has 61 valence electrons. The van der Waals surface area contributed by atoms with Gasteiger partial charge in [0, 0.05) is 0 Å². The summed E-state index contributed by atoms with van der Waals surface area (Å²) in [6.45, 7) is 8.53. The molecule has 0 aromatic rings. The van der Waals surface area contributed by atoms with E-state index < -0.39 is 0 Å². The maximum Gasteiger partial charge on any atom is 0.119 e. The highest BCUT2D eigenvalue weighted by atomic mass is 13.8. The van der Waals surface area contributed by atoms with Crippen molar-refractivity contribution in [2.24, 2.45) is 0 Å². The Morgan fingerprint density at radius 1 is 0.909 bits per heavy atom. The fourth-order valence-corrected chi connectivity index (χ4v) is 0.734. The molecule has 0 unspecified atom stereocenters. The molecule has 0 aliphatic carbocycles. The molecule has 0 saturated carbocycles. The first-order chi connectivity index (χ1) is 5.13. The Morgan fingerprint density at radius 3 is 1.55 bits per heavy atom. The first-order valence-electron chi connectivity index (χ1n) is 4.21. The molecule has 11 heavy (non-hydrogen) atoms. The van der Waals surface area contributed by atoms with Crippen LogP contribution >= 0.6 is 0 Å². The number of rotatable bonds is 4. The molecule has 0 nitrogen and oxygen atoms in total. The molecule has 0 bridgehead atoms. The van der Waals surface area contributed by atoms with E-state index in [2.05, 4.69) is 47.1 Å². The molecule has 0 fully saturated rings. The third kappa shape index (κ3) is 9.54. The number of hydrogen-bond donors (Lipinski definition) is 0. The fourth-order valence-electron chi connectivity index (χ4n) is 0.734. The standard InChI is InChI=1S/C10H18B/c1-9(2)5-7-11-8-6-10(3)4/h5-6H,7-8H2,1-4H3. The van der Waals surface area contributed by atoms with Gasteiger partial charge in [-0.2, -0.15) is 0 Å². The summed E-state index contributed by atoms with van der Waals surface area (Å²) < 4.78 is 0. The summed E-state index contributed by atoms with van der Waals surface area (Å²) in [5.74, 6) is 0. The van der Waals surface area contributed by atoms with Crippen molar-refractivity contribution in [2.75, 3.05) is 0 Å². The van der Waals surface area contributed by atoms with E-state index >= 15 is 0 Å². The van der Waals surface area contributed by atoms with Crippen LogP contribution in [0.5, 0.6) is 0 Å². The minimum Gasteiger partial charge on any atom is -0.0937 e. The van der Waals surface area contributed by atoms with Crippen LogP contribution in [0.15, 0.2) is 23.3 Å². The lowest BCUT2D eigenvalue weighted by Gasteiger charge is -1.91. The molecule has 0 aromatic heterocycles. The second-order valence-electron chi connectivity index (χ2n) is 3.32. The minimum atomic E-state index is 1.10. The van der Waals surface area contributed by atoms with Crippen molar-refractivity contribution in [2.45, 2.75) is 40.3 Å². The van der Waals surface area contributed by atoms with Crippen LogP contribution in [0.4, 0.5) is 0 Å². The molecule has 1 heteroatoms. The van der Waals surface area contributed by atoms with Crippen molar-refractivity contribution in [1.82, 2.24) is 0 Å². The Labute approximate surface area is 71.6 Å². The van der Waals surface area contributed by atoms with Crippen molar-refractivity contribution >= 4 is 7.28 Å². The maximum absolute atomic E-state index is 2.29. The zero-order valence-corrected chi connectivity index (χ0v) is 8.15. The Morgan fingerprint density at radius 2 is 1.27 bits per heavy atom. The average Bonchev–Trinajstić information content (AvgIpc) is 1.85. The van der Waals surface area contributed by atoms with Gasteiger partial charge in [-0.15, -0.1) is 0 Å². The quantitative estimate of drug-likeness (QED) is 0.326. The van der Waals surface area contributed by atoms with Crippen molar-refractivity contribution < 1.29 is 0 Å². The van der Waals surface area contributed by atoms with Gasteiger partial charge < -0.3 is 0 Å². The van der Waals surface area contributed by atoms with E-state index in [9.17, 15) is 0 Å². The topological polar surface area (TPSA) is 0 Å². The summed E-state index contributed by atoms with van der Waals surface area (Å²) in [6.07, 6.45) is 6.70. The predicted molar refractivity (Wildman–Crippen MR) is 54.2 cm³/mol. The zero-order valence-electron chi connectivity index (χ0n) is 8.15. The highest BCUT2D eigenvalue weighted by Gasteiger charge is 1.85. The Kier molecular flexibility index (Phi) is 6.01. The van der Waals surface area contributed by atoms with Gasteiger partial charge in [0.1, 0.15) is 7.28 Å². The van der Waals surface area contributed by atoms with E-state index in [4.69, 9.17) is 0 Å². The van der Waals surface area contributed by atoms with Crippen molar-refractivity contribution in [3.05, 3.63) is 23.3 Å². The third-order valence-corrected chi connectivity index (χ3v) is 1.39. The van der Waals surface area contributed by atoms with Gasteiger partial charge >= 0.3 is 0 Å². The lowest BCUT2D eigenvalue weighted by molar-refractivity contribution is 1.34. The van der Waals surface area contributed by atoms with Gasteiger partial charge in [0.2, 0.25) is 0 Å². The minimum absolute atomic E-state index is 1.10. The Hall–Kier alpha value is -0.455. The van der Waals surface area contributed by atoms with Crippen LogP contribution < -0.4 is 0 Å². The van der Waals surface area contributed by atoms with E-state index in [0.29, 0.717) is 0 Å². The molecule has 0 heterocycles. The van der Waals surface area contributed by atoms with Gasteiger partial charge in [-0.1, -0.05) is 35.9 Å². The smallest absolute Gasteiger partial charge is 0.0937 e. The summed E-state index contributed by atoms with van der Waals surface area (Å²) in [7, 11) is 2.29. The van der Waals surface area contributed by atoms with Gasteiger partial charge in [-0.3, -0.25) is 0 Å². The zero-order chi connectivity index (χ0) is 8.69. The summed E-state index contributed by atoms with van der Waals surface area (Å²) in [5.41, 5.74) is 2.80. The first kappa shape index (κ1) is 10.5. The molecule has 0 aromatic carbocycles. The highest BCUT2D eigenvalue weighted by Crippen LogP contribution is 1.97. The van der Waals surface area contributed by atoms with E-state index in [1.807, 2.05) is 0 Å². The van der Waals surface area contributed by atoms with Gasteiger partial charge in [0.25, 0.3) is 0 Å². The molecule has 0 spiro atoms. The van der Waals surface area contributed by atoms with Gasteiger partial charge in [-0.05, 0) is 27.7 Å². The Bertz CT molecular complexity index is 128. The van der Waals surface area contributed by atoms with Crippen molar-refractivity contribution in [1.29, 1.82) is 0 Å². The van der Waals surface area contributed by atoms with Gasteiger partial charge in [0.05, 0.1) is 0 Å². The second-order valence-corrected chi connectivity index (χ2v) is 3.32. The van der Waals surface area contributed by atoms with Crippen LogP contribution in [0.2, 0.25) is 12.6 Å². The molecule has 0 N–H and O–H groups in total. The van der Waals surface area contributed by atoms with Crippen LogP contribution in [0, 0.1) is 0 Å². The molecule has 0 rings (SSSR count). The molecule has 0 aliphatic rings. The van der Waals surface area contributed by atoms with Gasteiger partial charge in [-0.25, -0.2) is 0 Å². The maximum atomic E-state index is 2.29. The predicted octanol–water partition coefficient (Wildman–Crippen LogP) is 3.46. The molecule has 0 saturated heterocycles. The van der Waals surface area contributed by atoms with Crippen molar-refractivity contribution in [3.63, 3.8) is 0 Å². The highest BCUT2D eigenvalue weighted by molar-refractivity contribution is 6.36. The summed E-state index contributed by atoms with van der Waals surface area (Å²) in [4.78, 5) is 0. The van der Waals surface area contributed by atoms with Crippen LogP contribution in [-0.2, 0) is 0 Å². The van der Waals surface area contributed by atoms with Crippen LogP contribution in [-0.4, -0.2) is 7.28 Å². The largest absolute Gasteiger partial charge is 0.119 e. The molecular weight excluding hydrogens is 131 g/mol. The SMILES string of the molecule is CC(C)=CC[B]CC=C(C)C. The van der Waals surface area contributed by atoms with Gasteiger partial charge in [0.15, 0.2) is 0 Å². The number of allylic oxidation sites excluding steroid dienone is 4. The first-order valence-corrected chi connectivity index (χ1v) is 4.21. The Balaban J connectivity index is 3.29. The third-order valence-electron chi connectivity index (χ3n) is 1.39. The molecule has 0 aliphatic heterocycles. The van der Waals surface area contributed by atoms with E-state index in [1.54, 1.807) is 0 Å². The molecule has 0 atom stereocenters. The van der Waals surface area contributed by atoms with E-state index in [0.717, 1.165) is 12.6 Å². The summed E-state index contributed by atoms with van der Waals surface area (Å²) in [5, 5.41) is 0. The molecule has 0 amide bonds. The van der Waals surface area contributed by atoms with E-state index in [1.165, 1.54) is 11.1 Å². The van der Waals surface area contributed by atoms with E-state index in [-0.39, 0.29) is 0 Å².